The minimum Gasteiger partial charge on any atom is -0.420 e. The molecule has 0 bridgehead atoms. The molecule has 0 unspecified atom stereocenters. The molecule has 2 aromatic heterocycles. The first-order valence-electron chi connectivity index (χ1n) is 13.0. The highest BCUT2D eigenvalue weighted by molar-refractivity contribution is 5.95. The van der Waals surface area contributed by atoms with Gasteiger partial charge >= 0.3 is 6.18 Å². The second kappa shape index (κ2) is 11.7. The molecular formula is C28H27F3N6O3. The van der Waals surface area contributed by atoms with Crippen molar-refractivity contribution in [3.63, 3.8) is 0 Å². The summed E-state index contributed by atoms with van der Waals surface area (Å²) in [4.78, 5) is 25.2. The second-order valence-electron chi connectivity index (χ2n) is 9.58. The predicted octanol–water partition coefficient (Wildman–Crippen LogP) is 4.76. The van der Waals surface area contributed by atoms with E-state index in [4.69, 9.17) is 4.42 Å². The molecular weight excluding hydrogens is 525 g/mol. The van der Waals surface area contributed by atoms with E-state index in [2.05, 4.69) is 25.9 Å². The molecule has 9 nitrogen and oxygen atoms in total. The fourth-order valence-corrected chi connectivity index (χ4v) is 4.76. The lowest BCUT2D eigenvalue weighted by Gasteiger charge is -2.25. The van der Waals surface area contributed by atoms with Gasteiger partial charge in [-0.15, -0.1) is 10.2 Å². The maximum absolute atomic E-state index is 13.5. The first-order chi connectivity index (χ1) is 19.3. The van der Waals surface area contributed by atoms with Gasteiger partial charge in [-0.3, -0.25) is 9.59 Å². The molecule has 0 aliphatic heterocycles. The molecule has 40 heavy (non-hydrogen) atoms. The minimum atomic E-state index is -4.80. The molecule has 2 heterocycles. The predicted molar refractivity (Wildman–Crippen MR) is 138 cm³/mol. The Labute approximate surface area is 227 Å². The largest absolute Gasteiger partial charge is 0.435 e. The lowest BCUT2D eigenvalue weighted by Crippen LogP contribution is -2.38. The molecule has 1 aliphatic rings. The third-order valence-corrected chi connectivity index (χ3v) is 6.87. The van der Waals surface area contributed by atoms with E-state index < -0.39 is 23.3 Å². The number of rotatable bonds is 8. The van der Waals surface area contributed by atoms with Crippen molar-refractivity contribution in [3.8, 4) is 17.1 Å². The maximum atomic E-state index is 13.5. The average molecular weight is 553 g/mol. The summed E-state index contributed by atoms with van der Waals surface area (Å²) in [6, 6.07) is 17.7. The van der Waals surface area contributed by atoms with Crippen LogP contribution in [-0.2, 0) is 11.0 Å². The van der Waals surface area contributed by atoms with Gasteiger partial charge in [0.05, 0.1) is 11.3 Å². The van der Waals surface area contributed by atoms with E-state index in [1.54, 1.807) is 30.3 Å². The van der Waals surface area contributed by atoms with Crippen LogP contribution in [0.3, 0.4) is 0 Å². The monoisotopic (exact) mass is 552 g/mol. The number of para-hydroxylation sites is 1. The van der Waals surface area contributed by atoms with Crippen LogP contribution in [0.4, 0.5) is 13.2 Å². The molecule has 1 aliphatic carbocycles. The molecule has 2 aromatic carbocycles. The lowest BCUT2D eigenvalue weighted by atomic mass is 9.81. The molecule has 5 rings (SSSR count). The molecule has 0 saturated heterocycles. The number of amides is 2. The zero-order valence-electron chi connectivity index (χ0n) is 21.4. The first kappa shape index (κ1) is 27.1. The number of nitrogens with one attached hydrogen (secondary N) is 2. The fourth-order valence-electron chi connectivity index (χ4n) is 4.76. The van der Waals surface area contributed by atoms with Crippen LogP contribution in [0.15, 0.2) is 71.3 Å². The Hall–Kier alpha value is -4.48. The molecule has 0 spiro atoms. The number of alkyl halides is 3. The highest BCUT2D eigenvalue weighted by Crippen LogP contribution is 2.36. The number of nitrogens with zero attached hydrogens (tertiary/aromatic N) is 4. The van der Waals surface area contributed by atoms with E-state index in [1.807, 2.05) is 30.3 Å². The van der Waals surface area contributed by atoms with Crippen molar-refractivity contribution >= 4 is 11.8 Å². The Morgan fingerprint density at radius 1 is 0.900 bits per heavy atom. The number of halogens is 3. The van der Waals surface area contributed by atoms with Crippen LogP contribution in [0.25, 0.3) is 17.1 Å². The highest BCUT2D eigenvalue weighted by atomic mass is 19.4. The second-order valence-corrected chi connectivity index (χ2v) is 9.58. The van der Waals surface area contributed by atoms with Gasteiger partial charge in [-0.05, 0) is 49.9 Å². The third-order valence-electron chi connectivity index (χ3n) is 6.87. The number of aromatic nitrogens is 4. The van der Waals surface area contributed by atoms with Gasteiger partial charge < -0.3 is 15.1 Å². The molecule has 1 fully saturated rings. The molecule has 1 saturated carbocycles. The van der Waals surface area contributed by atoms with E-state index in [9.17, 15) is 22.8 Å². The van der Waals surface area contributed by atoms with Gasteiger partial charge in [-0.25, -0.2) is 4.68 Å². The van der Waals surface area contributed by atoms with Gasteiger partial charge in [0.25, 0.3) is 5.91 Å². The van der Waals surface area contributed by atoms with Crippen molar-refractivity contribution in [2.45, 2.75) is 37.8 Å². The first-order valence-corrected chi connectivity index (χ1v) is 13.0. The van der Waals surface area contributed by atoms with Crippen molar-refractivity contribution in [2.75, 3.05) is 13.1 Å². The molecule has 2 amide bonds. The fraction of sp³-hybridized carbons (Fsp3) is 0.321. The van der Waals surface area contributed by atoms with Crippen molar-refractivity contribution in [1.82, 2.24) is 30.6 Å². The molecule has 0 radical (unpaired) electrons. The third kappa shape index (κ3) is 6.22. The zero-order chi connectivity index (χ0) is 28.1. The van der Waals surface area contributed by atoms with Crippen LogP contribution in [0.5, 0.6) is 0 Å². The number of hydrogen-bond acceptors (Lipinski definition) is 6. The van der Waals surface area contributed by atoms with Gasteiger partial charge in [0.2, 0.25) is 17.7 Å². The van der Waals surface area contributed by atoms with Crippen molar-refractivity contribution in [2.24, 2.45) is 5.92 Å². The summed E-state index contributed by atoms with van der Waals surface area (Å²) in [5.74, 6) is -0.173. The molecule has 12 heteroatoms. The maximum Gasteiger partial charge on any atom is 0.435 e. The van der Waals surface area contributed by atoms with E-state index >= 15 is 0 Å². The highest BCUT2D eigenvalue weighted by Gasteiger charge is 2.39. The molecule has 2 N–H and O–H groups in total. The molecule has 208 valence electrons. The summed E-state index contributed by atoms with van der Waals surface area (Å²) in [5, 5.41) is 17.1. The quantitative estimate of drug-likeness (QED) is 0.305. The number of carbonyl (C=O) groups is 2. The van der Waals surface area contributed by atoms with Gasteiger partial charge in [0.1, 0.15) is 0 Å². The summed E-state index contributed by atoms with van der Waals surface area (Å²) < 4.78 is 47.5. The Kier molecular flexibility index (Phi) is 7.94. The van der Waals surface area contributed by atoms with Gasteiger partial charge in [0, 0.05) is 36.7 Å². The van der Waals surface area contributed by atoms with Crippen molar-refractivity contribution < 1.29 is 27.2 Å². The molecule has 4 aromatic rings. The van der Waals surface area contributed by atoms with Crippen molar-refractivity contribution in [1.29, 1.82) is 0 Å². The van der Waals surface area contributed by atoms with E-state index in [0.29, 0.717) is 30.3 Å². The summed E-state index contributed by atoms with van der Waals surface area (Å²) in [7, 11) is 0. The summed E-state index contributed by atoms with van der Waals surface area (Å²) >= 11 is 0. The normalized spacial score (nSPS) is 17.4. The van der Waals surface area contributed by atoms with Gasteiger partial charge in [-0.2, -0.15) is 18.3 Å². The van der Waals surface area contributed by atoms with Crippen LogP contribution in [-0.4, -0.2) is 44.9 Å². The van der Waals surface area contributed by atoms with Gasteiger partial charge in [-0.1, -0.05) is 36.4 Å². The van der Waals surface area contributed by atoms with Gasteiger partial charge in [0.15, 0.2) is 5.69 Å². The summed E-state index contributed by atoms with van der Waals surface area (Å²) in [5.41, 5.74) is -0.616. The van der Waals surface area contributed by atoms with Crippen LogP contribution < -0.4 is 10.6 Å². The van der Waals surface area contributed by atoms with E-state index in [0.717, 1.165) is 29.3 Å². The van der Waals surface area contributed by atoms with Crippen LogP contribution in [0, 0.1) is 5.92 Å². The average Bonchev–Trinajstić information content (AvgIpc) is 3.65. The topological polar surface area (TPSA) is 115 Å². The minimum absolute atomic E-state index is 0.0298. The standard InChI is InChI=1S/C28H27F3N6O3/c29-28(30,31)23-22(17-37(36-23)21-9-5-2-6-10-21)25(39)33-16-15-32-24(38)18-11-13-20(14-12-18)27-35-34-26(40-27)19-7-3-1-4-8-19/h1-10,17-18,20H,11-16H2,(H,32,38)(H,33,39)/t18-,20-. The summed E-state index contributed by atoms with van der Waals surface area (Å²) in [6.45, 7) is 0.0563. The lowest BCUT2D eigenvalue weighted by molar-refractivity contribution is -0.141. The van der Waals surface area contributed by atoms with Crippen molar-refractivity contribution in [3.05, 3.63) is 84.0 Å². The number of carbonyl (C=O) groups excluding carboxylic acids is 2. The molecule has 0 atom stereocenters. The Morgan fingerprint density at radius 2 is 1.55 bits per heavy atom. The van der Waals surface area contributed by atoms with Crippen LogP contribution >= 0.6 is 0 Å². The van der Waals surface area contributed by atoms with E-state index in [1.165, 1.54) is 0 Å². The zero-order valence-corrected chi connectivity index (χ0v) is 21.4. The Morgan fingerprint density at radius 3 is 2.23 bits per heavy atom. The van der Waals surface area contributed by atoms with E-state index in [-0.39, 0.29) is 30.8 Å². The SMILES string of the molecule is O=C(NCCNC(=O)[C@H]1CC[C@H](c2nnc(-c3ccccc3)o2)CC1)c1cn(-c2ccccc2)nc1C(F)(F)F. The number of benzene rings is 2. The number of hydrogen-bond donors (Lipinski definition) is 2. The Balaban J connectivity index is 1.09. The Bertz CT molecular complexity index is 1440. The van der Waals surface area contributed by atoms with Crippen LogP contribution in [0.1, 0.15) is 53.5 Å². The smallest absolute Gasteiger partial charge is 0.420 e. The summed E-state index contributed by atoms with van der Waals surface area (Å²) in [6.07, 6.45) is -1.03. The van der Waals surface area contributed by atoms with Crippen LogP contribution in [0.2, 0.25) is 0 Å².